The van der Waals surface area contributed by atoms with Gasteiger partial charge in [0.25, 0.3) is 0 Å². The number of alkyl carbamates (subject to hydrolysis) is 1. The van der Waals surface area contributed by atoms with E-state index in [-0.39, 0.29) is 6.42 Å². The number of amides is 1. The van der Waals surface area contributed by atoms with Crippen molar-refractivity contribution in [1.82, 2.24) is 5.32 Å². The molecule has 0 aliphatic rings. The van der Waals surface area contributed by atoms with Gasteiger partial charge in [-0.25, -0.2) is 4.79 Å². The molecule has 0 heterocycles. The Morgan fingerprint density at radius 2 is 1.75 bits per heavy atom. The van der Waals surface area contributed by atoms with E-state index >= 15 is 0 Å². The minimum absolute atomic E-state index is 0.364. The topological polar surface area (TPSA) is 64.6 Å². The molecule has 8 heteroatoms. The van der Waals surface area contributed by atoms with Gasteiger partial charge in [-0.3, -0.25) is 4.79 Å². The molecule has 0 aromatic rings. The van der Waals surface area contributed by atoms with E-state index in [0.29, 0.717) is 0 Å². The maximum absolute atomic E-state index is 12.7. The largest absolute Gasteiger partial charge is 0.469 e. The van der Waals surface area contributed by atoms with Gasteiger partial charge in [0, 0.05) is 13.0 Å². The van der Waals surface area contributed by atoms with Crippen LogP contribution in [0.2, 0.25) is 0 Å². The normalized spacial score (nSPS) is 13.6. The number of nitrogens with one attached hydrogen (secondary N) is 1. The van der Waals surface area contributed by atoms with E-state index < -0.39 is 42.7 Å². The van der Waals surface area contributed by atoms with Crippen LogP contribution in [-0.4, -0.2) is 37.5 Å². The van der Waals surface area contributed by atoms with Gasteiger partial charge in [-0.2, -0.15) is 13.2 Å². The lowest BCUT2D eigenvalue weighted by molar-refractivity contribution is -0.176. The summed E-state index contributed by atoms with van der Waals surface area (Å²) in [5.41, 5.74) is -0.788. The Hall–Kier alpha value is -1.47. The number of carbonyl (C=O) groups excluding carboxylic acids is 2. The van der Waals surface area contributed by atoms with Gasteiger partial charge in [0.05, 0.1) is 13.0 Å². The van der Waals surface area contributed by atoms with E-state index in [1.54, 1.807) is 20.8 Å². The third-order valence-corrected chi connectivity index (χ3v) is 2.28. The maximum atomic E-state index is 12.7. The van der Waals surface area contributed by atoms with E-state index in [0.717, 1.165) is 7.11 Å². The minimum atomic E-state index is -4.51. The third-order valence-electron chi connectivity index (χ3n) is 2.28. The number of hydrogen-bond acceptors (Lipinski definition) is 4. The molecule has 0 fully saturated rings. The Kier molecular flexibility index (Phi) is 6.81. The molecule has 0 aliphatic heterocycles. The highest BCUT2D eigenvalue weighted by molar-refractivity contribution is 5.69. The number of ether oxygens (including phenoxy) is 2. The first kappa shape index (κ1) is 18.5. The highest BCUT2D eigenvalue weighted by atomic mass is 19.4. The van der Waals surface area contributed by atoms with Crippen LogP contribution in [0.4, 0.5) is 18.0 Å². The summed E-state index contributed by atoms with van der Waals surface area (Å²) in [6.07, 6.45) is -6.25. The van der Waals surface area contributed by atoms with Crippen LogP contribution in [0.25, 0.3) is 0 Å². The van der Waals surface area contributed by atoms with Gasteiger partial charge in [-0.15, -0.1) is 0 Å². The van der Waals surface area contributed by atoms with Crippen molar-refractivity contribution in [2.45, 2.75) is 45.4 Å². The van der Waals surface area contributed by atoms with Crippen LogP contribution in [-0.2, 0) is 14.3 Å². The second-order valence-corrected chi connectivity index (χ2v) is 5.24. The van der Waals surface area contributed by atoms with Crippen molar-refractivity contribution in [3.63, 3.8) is 0 Å². The summed E-state index contributed by atoms with van der Waals surface area (Å²) in [5.74, 6) is -2.55. The predicted octanol–water partition coefficient (Wildman–Crippen LogP) is 2.64. The van der Waals surface area contributed by atoms with Gasteiger partial charge in [-0.05, 0) is 27.2 Å². The Morgan fingerprint density at radius 3 is 2.15 bits per heavy atom. The summed E-state index contributed by atoms with van der Waals surface area (Å²) in [6.45, 7) is 4.16. The van der Waals surface area contributed by atoms with E-state index in [9.17, 15) is 22.8 Å². The zero-order valence-corrected chi connectivity index (χ0v) is 12.0. The average molecular weight is 299 g/mol. The lowest BCUT2D eigenvalue weighted by atomic mass is 10.0. The molecule has 0 rings (SSSR count). The highest BCUT2D eigenvalue weighted by Crippen LogP contribution is 2.29. The number of alkyl halides is 3. The Morgan fingerprint density at radius 1 is 1.20 bits per heavy atom. The van der Waals surface area contributed by atoms with Crippen molar-refractivity contribution in [3.05, 3.63) is 0 Å². The van der Waals surface area contributed by atoms with Gasteiger partial charge < -0.3 is 14.8 Å². The standard InChI is InChI=1S/C12H20F3NO4/c1-11(2,3)20-10(18)16-7-8(12(13,14)15)5-6-9(17)19-4/h8H,5-7H2,1-4H3,(H,16,18). The first-order valence-corrected chi connectivity index (χ1v) is 6.06. The van der Waals surface area contributed by atoms with Crippen LogP contribution in [0, 0.1) is 5.92 Å². The van der Waals surface area contributed by atoms with Crippen LogP contribution >= 0.6 is 0 Å². The molecule has 0 aromatic carbocycles. The fourth-order valence-corrected chi connectivity index (χ4v) is 1.30. The second-order valence-electron chi connectivity index (χ2n) is 5.24. The molecule has 0 saturated heterocycles. The molecule has 0 saturated carbocycles. The summed E-state index contributed by atoms with van der Waals surface area (Å²) in [5, 5.41) is 2.05. The minimum Gasteiger partial charge on any atom is -0.469 e. The zero-order valence-electron chi connectivity index (χ0n) is 12.0. The van der Waals surface area contributed by atoms with Crippen molar-refractivity contribution < 1.29 is 32.2 Å². The lowest BCUT2D eigenvalue weighted by Crippen LogP contribution is -2.39. The SMILES string of the molecule is COC(=O)CCC(CNC(=O)OC(C)(C)C)C(F)(F)F. The monoisotopic (exact) mass is 299 g/mol. The van der Waals surface area contributed by atoms with Gasteiger partial charge in [-0.1, -0.05) is 0 Å². The van der Waals surface area contributed by atoms with E-state index in [4.69, 9.17) is 4.74 Å². The van der Waals surface area contributed by atoms with Crippen molar-refractivity contribution in [3.8, 4) is 0 Å². The molecule has 1 atom stereocenters. The van der Waals surface area contributed by atoms with Gasteiger partial charge >= 0.3 is 18.2 Å². The number of methoxy groups -OCH3 is 1. The first-order chi connectivity index (χ1) is 8.95. The number of carbonyl (C=O) groups is 2. The number of halogens is 3. The van der Waals surface area contributed by atoms with E-state index in [2.05, 4.69) is 10.1 Å². The van der Waals surface area contributed by atoms with Crippen molar-refractivity contribution in [2.75, 3.05) is 13.7 Å². The Bertz CT molecular complexity index is 337. The van der Waals surface area contributed by atoms with E-state index in [1.807, 2.05) is 0 Å². The molecular formula is C12H20F3NO4. The van der Waals surface area contributed by atoms with Crippen LogP contribution in [0.15, 0.2) is 0 Å². The quantitative estimate of drug-likeness (QED) is 0.793. The molecule has 1 N–H and O–H groups in total. The molecule has 1 amide bonds. The Labute approximate surface area is 115 Å². The van der Waals surface area contributed by atoms with Gasteiger partial charge in [0.15, 0.2) is 0 Å². The molecule has 118 valence electrons. The molecule has 1 unspecified atom stereocenters. The van der Waals surface area contributed by atoms with Crippen molar-refractivity contribution in [1.29, 1.82) is 0 Å². The molecule has 0 spiro atoms. The number of esters is 1. The van der Waals surface area contributed by atoms with Crippen LogP contribution < -0.4 is 5.32 Å². The van der Waals surface area contributed by atoms with Crippen LogP contribution in [0.5, 0.6) is 0 Å². The zero-order chi connectivity index (χ0) is 16.0. The smallest absolute Gasteiger partial charge is 0.407 e. The van der Waals surface area contributed by atoms with Crippen molar-refractivity contribution >= 4 is 12.1 Å². The average Bonchev–Trinajstić information content (AvgIpc) is 2.24. The molecule has 0 aliphatic carbocycles. The lowest BCUT2D eigenvalue weighted by Gasteiger charge is -2.23. The molecular weight excluding hydrogens is 279 g/mol. The first-order valence-electron chi connectivity index (χ1n) is 6.06. The van der Waals surface area contributed by atoms with E-state index in [1.165, 1.54) is 0 Å². The molecule has 0 radical (unpaired) electrons. The Balaban J connectivity index is 4.38. The summed E-state index contributed by atoms with van der Waals surface area (Å²) >= 11 is 0. The molecule has 0 bridgehead atoms. The van der Waals surface area contributed by atoms with Gasteiger partial charge in [0.1, 0.15) is 5.60 Å². The third kappa shape index (κ3) is 8.60. The maximum Gasteiger partial charge on any atom is 0.407 e. The molecule has 0 aromatic heterocycles. The summed E-state index contributed by atoms with van der Waals surface area (Å²) in [6, 6.07) is 0. The second kappa shape index (κ2) is 7.35. The summed E-state index contributed by atoms with van der Waals surface area (Å²) in [7, 11) is 1.10. The summed E-state index contributed by atoms with van der Waals surface area (Å²) < 4.78 is 47.3. The molecule has 5 nitrogen and oxygen atoms in total. The van der Waals surface area contributed by atoms with Crippen molar-refractivity contribution in [2.24, 2.45) is 5.92 Å². The van der Waals surface area contributed by atoms with Crippen LogP contribution in [0.3, 0.4) is 0 Å². The number of rotatable bonds is 5. The number of hydrogen-bond donors (Lipinski definition) is 1. The van der Waals surface area contributed by atoms with Gasteiger partial charge in [0.2, 0.25) is 0 Å². The van der Waals surface area contributed by atoms with Crippen LogP contribution in [0.1, 0.15) is 33.6 Å². The highest BCUT2D eigenvalue weighted by Gasteiger charge is 2.39. The fraction of sp³-hybridized carbons (Fsp3) is 0.833. The fourth-order valence-electron chi connectivity index (χ4n) is 1.30. The summed E-state index contributed by atoms with van der Waals surface area (Å²) in [4.78, 5) is 22.2. The molecule has 20 heavy (non-hydrogen) atoms. The predicted molar refractivity (Wildman–Crippen MR) is 65.0 cm³/mol.